The molecule has 0 aliphatic carbocycles. The Hall–Kier alpha value is -2.13. The van der Waals surface area contributed by atoms with Crippen LogP contribution in [0.25, 0.3) is 0 Å². The van der Waals surface area contributed by atoms with Gasteiger partial charge in [0.25, 0.3) is 0 Å². The molecule has 0 amide bonds. The third-order valence-corrected chi connectivity index (χ3v) is 3.39. The van der Waals surface area contributed by atoms with Gasteiger partial charge in [0, 0.05) is 0 Å². The Kier molecular flexibility index (Phi) is 8.61. The molecule has 2 N–H and O–H groups in total. The molecule has 114 valence electrons. The molecule has 0 fully saturated rings. The lowest BCUT2D eigenvalue weighted by molar-refractivity contribution is 1.06. The fraction of sp³-hybridized carbons (Fsp3) is 0.105. The molecule has 0 saturated carbocycles. The standard InChI is InChI=1S/C12H13BrN2.C7H8/c1-2-6-11(13)12(14)15-9-10-7-4-3-5-8-10;1-7-5-3-2-4-6-7/h2-8H,1,9H2,(H2,14,15);2-6H,1H3/b11-6+;. The maximum absolute atomic E-state index is 5.74. The number of allylic oxidation sites excluding steroid dienone is 2. The number of rotatable bonds is 4. The minimum Gasteiger partial charge on any atom is -0.383 e. The summed E-state index contributed by atoms with van der Waals surface area (Å²) in [6.07, 6.45) is 3.43. The van der Waals surface area contributed by atoms with Gasteiger partial charge in [0.05, 0.1) is 11.0 Å². The quantitative estimate of drug-likeness (QED) is 0.467. The smallest absolute Gasteiger partial charge is 0.133 e. The van der Waals surface area contributed by atoms with E-state index in [-0.39, 0.29) is 0 Å². The van der Waals surface area contributed by atoms with Crippen LogP contribution >= 0.6 is 15.9 Å². The number of aryl methyl sites for hydroxylation is 1. The number of halogens is 1. The second kappa shape index (κ2) is 10.6. The number of nitrogens with zero attached hydrogens (tertiary/aromatic N) is 1. The van der Waals surface area contributed by atoms with E-state index in [0.717, 1.165) is 10.0 Å². The summed E-state index contributed by atoms with van der Waals surface area (Å²) in [4.78, 5) is 4.24. The molecule has 0 atom stereocenters. The van der Waals surface area contributed by atoms with Crippen LogP contribution in [0.5, 0.6) is 0 Å². The summed E-state index contributed by atoms with van der Waals surface area (Å²) in [5.74, 6) is 0.485. The number of hydrogen-bond donors (Lipinski definition) is 1. The predicted molar refractivity (Wildman–Crippen MR) is 100 cm³/mol. The van der Waals surface area contributed by atoms with E-state index in [1.54, 1.807) is 12.2 Å². The minimum absolute atomic E-state index is 0.485. The number of amidine groups is 1. The number of benzene rings is 2. The van der Waals surface area contributed by atoms with Gasteiger partial charge in [-0.25, -0.2) is 0 Å². The van der Waals surface area contributed by atoms with Crippen molar-refractivity contribution in [2.45, 2.75) is 13.5 Å². The van der Waals surface area contributed by atoms with Gasteiger partial charge < -0.3 is 5.73 Å². The first-order valence-corrected chi connectivity index (χ1v) is 7.77. The maximum Gasteiger partial charge on any atom is 0.133 e. The molecule has 0 saturated heterocycles. The Morgan fingerprint density at radius 1 is 1.09 bits per heavy atom. The minimum atomic E-state index is 0.485. The lowest BCUT2D eigenvalue weighted by Crippen LogP contribution is -2.11. The maximum atomic E-state index is 5.74. The normalized spacial score (nSPS) is 11.4. The molecule has 0 bridgehead atoms. The zero-order valence-electron chi connectivity index (χ0n) is 12.7. The van der Waals surface area contributed by atoms with Crippen LogP contribution in [0.1, 0.15) is 11.1 Å². The fourth-order valence-electron chi connectivity index (χ4n) is 1.56. The van der Waals surface area contributed by atoms with Crippen LogP contribution in [0.4, 0.5) is 0 Å². The van der Waals surface area contributed by atoms with Crippen LogP contribution < -0.4 is 5.73 Å². The summed E-state index contributed by atoms with van der Waals surface area (Å²) in [6.45, 7) is 6.26. The van der Waals surface area contributed by atoms with Crippen molar-refractivity contribution >= 4 is 21.8 Å². The SMILES string of the molecule is C=C/C=C(/Br)C(N)=NCc1ccccc1.Cc1ccccc1. The fourth-order valence-corrected chi connectivity index (χ4v) is 1.87. The topological polar surface area (TPSA) is 38.4 Å². The molecule has 0 aromatic heterocycles. The second-order valence-electron chi connectivity index (χ2n) is 4.59. The third kappa shape index (κ3) is 7.60. The highest BCUT2D eigenvalue weighted by Gasteiger charge is 1.96. The number of aliphatic imine (C=N–C) groups is 1. The van der Waals surface area contributed by atoms with Crippen molar-refractivity contribution in [2.24, 2.45) is 10.7 Å². The molecule has 22 heavy (non-hydrogen) atoms. The first-order valence-electron chi connectivity index (χ1n) is 6.97. The van der Waals surface area contributed by atoms with Gasteiger partial charge in [-0.15, -0.1) is 0 Å². The predicted octanol–water partition coefficient (Wildman–Crippen LogP) is 5.00. The lowest BCUT2D eigenvalue weighted by atomic mass is 10.2. The van der Waals surface area contributed by atoms with Crippen molar-refractivity contribution in [3.63, 3.8) is 0 Å². The Labute approximate surface area is 141 Å². The van der Waals surface area contributed by atoms with Crippen molar-refractivity contribution in [1.29, 1.82) is 0 Å². The van der Waals surface area contributed by atoms with Gasteiger partial charge in [-0.2, -0.15) is 0 Å². The molecule has 0 spiro atoms. The van der Waals surface area contributed by atoms with Gasteiger partial charge in [-0.3, -0.25) is 4.99 Å². The molecule has 0 heterocycles. The van der Waals surface area contributed by atoms with Gasteiger partial charge in [0.15, 0.2) is 0 Å². The molecule has 0 unspecified atom stereocenters. The van der Waals surface area contributed by atoms with Crippen LogP contribution in [0.2, 0.25) is 0 Å². The van der Waals surface area contributed by atoms with Crippen LogP contribution in [-0.2, 0) is 6.54 Å². The molecule has 2 rings (SSSR count). The Morgan fingerprint density at radius 2 is 1.64 bits per heavy atom. The van der Waals surface area contributed by atoms with E-state index in [2.05, 4.69) is 46.6 Å². The van der Waals surface area contributed by atoms with Crippen molar-refractivity contribution in [3.05, 3.63) is 95.0 Å². The summed E-state index contributed by atoms with van der Waals surface area (Å²) in [6, 6.07) is 20.2. The summed E-state index contributed by atoms with van der Waals surface area (Å²) >= 11 is 3.31. The molecule has 2 aromatic carbocycles. The van der Waals surface area contributed by atoms with Gasteiger partial charge in [0.1, 0.15) is 5.84 Å². The van der Waals surface area contributed by atoms with Crippen molar-refractivity contribution in [1.82, 2.24) is 0 Å². The van der Waals surface area contributed by atoms with E-state index in [1.807, 2.05) is 48.5 Å². The van der Waals surface area contributed by atoms with Crippen molar-refractivity contribution < 1.29 is 0 Å². The largest absolute Gasteiger partial charge is 0.383 e. The van der Waals surface area contributed by atoms with Crippen LogP contribution in [-0.4, -0.2) is 5.84 Å². The van der Waals surface area contributed by atoms with Gasteiger partial charge in [-0.05, 0) is 34.5 Å². The van der Waals surface area contributed by atoms with Gasteiger partial charge in [0.2, 0.25) is 0 Å². The van der Waals surface area contributed by atoms with Crippen LogP contribution in [0.15, 0.2) is 88.9 Å². The molecule has 0 radical (unpaired) electrons. The van der Waals surface area contributed by atoms with Crippen LogP contribution in [0, 0.1) is 6.92 Å². The Bertz CT molecular complexity index is 616. The highest BCUT2D eigenvalue weighted by Crippen LogP contribution is 2.07. The molecular weight excluding hydrogens is 336 g/mol. The van der Waals surface area contributed by atoms with E-state index in [4.69, 9.17) is 5.73 Å². The zero-order chi connectivity index (χ0) is 16.2. The zero-order valence-corrected chi connectivity index (χ0v) is 14.3. The van der Waals surface area contributed by atoms with Crippen molar-refractivity contribution in [2.75, 3.05) is 0 Å². The monoisotopic (exact) mass is 356 g/mol. The molecule has 2 nitrogen and oxygen atoms in total. The van der Waals surface area contributed by atoms with E-state index < -0.39 is 0 Å². The van der Waals surface area contributed by atoms with E-state index in [0.29, 0.717) is 12.4 Å². The molecule has 0 aliphatic heterocycles. The van der Waals surface area contributed by atoms with Gasteiger partial charge >= 0.3 is 0 Å². The molecular formula is C19H21BrN2. The summed E-state index contributed by atoms with van der Waals surface area (Å²) in [5, 5.41) is 0. The molecule has 0 aliphatic rings. The molecule has 2 aromatic rings. The van der Waals surface area contributed by atoms with Gasteiger partial charge in [-0.1, -0.05) is 78.9 Å². The molecule has 3 heteroatoms. The average Bonchev–Trinajstić information content (AvgIpc) is 2.55. The Balaban J connectivity index is 0.000000287. The second-order valence-corrected chi connectivity index (χ2v) is 5.45. The first kappa shape index (κ1) is 17.9. The summed E-state index contributed by atoms with van der Waals surface area (Å²) in [7, 11) is 0. The third-order valence-electron chi connectivity index (χ3n) is 2.72. The summed E-state index contributed by atoms with van der Waals surface area (Å²) in [5.41, 5.74) is 8.20. The summed E-state index contributed by atoms with van der Waals surface area (Å²) < 4.78 is 0.758. The number of nitrogens with two attached hydrogens (primary N) is 1. The van der Waals surface area contributed by atoms with E-state index in [1.165, 1.54) is 5.56 Å². The van der Waals surface area contributed by atoms with E-state index >= 15 is 0 Å². The first-order chi connectivity index (χ1) is 10.6. The lowest BCUT2D eigenvalue weighted by Gasteiger charge is -1.99. The van der Waals surface area contributed by atoms with E-state index in [9.17, 15) is 0 Å². The highest BCUT2D eigenvalue weighted by molar-refractivity contribution is 9.12. The average molecular weight is 357 g/mol. The van der Waals surface area contributed by atoms with Crippen molar-refractivity contribution in [3.8, 4) is 0 Å². The highest BCUT2D eigenvalue weighted by atomic mass is 79.9. The van der Waals surface area contributed by atoms with Crippen LogP contribution in [0.3, 0.4) is 0 Å². The Morgan fingerprint density at radius 3 is 2.09 bits per heavy atom. The number of hydrogen-bond acceptors (Lipinski definition) is 1.